The predicted molar refractivity (Wildman–Crippen MR) is 104 cm³/mol. The quantitative estimate of drug-likeness (QED) is 0.489. The van der Waals surface area contributed by atoms with Gasteiger partial charge in [-0.2, -0.15) is 20.8 Å². The standard InChI is InChI=1S/C12H11N3.C7H5N3S/c13-10-6-8-12(9-7-10)15-14-11-4-2-1-3-5-11;1-4-5(2-8)7(10)11-6(4)3-9/h1-9H,13H2;10H2,1H3/b15-14+;. The van der Waals surface area contributed by atoms with E-state index >= 15 is 0 Å². The Balaban J connectivity index is 0.000000197. The van der Waals surface area contributed by atoms with Gasteiger partial charge in [-0.15, -0.1) is 11.3 Å². The van der Waals surface area contributed by atoms with E-state index in [1.54, 1.807) is 19.1 Å². The maximum Gasteiger partial charge on any atom is 0.111 e. The molecule has 1 aromatic heterocycles. The van der Waals surface area contributed by atoms with Gasteiger partial charge in [0.1, 0.15) is 22.0 Å². The lowest BCUT2D eigenvalue weighted by atomic mass is 10.2. The van der Waals surface area contributed by atoms with Crippen LogP contribution in [-0.4, -0.2) is 0 Å². The minimum absolute atomic E-state index is 0.432. The van der Waals surface area contributed by atoms with Gasteiger partial charge in [-0.3, -0.25) is 0 Å². The number of benzene rings is 2. The predicted octanol–water partition coefficient (Wildman–Crippen LogP) is 5.07. The Kier molecular flexibility index (Phi) is 6.44. The van der Waals surface area contributed by atoms with E-state index in [-0.39, 0.29) is 0 Å². The second-order valence-electron chi connectivity index (χ2n) is 5.15. The first-order chi connectivity index (χ1) is 12.5. The third kappa shape index (κ3) is 4.91. The number of nitrogens with zero attached hydrogens (tertiary/aromatic N) is 4. The molecule has 3 rings (SSSR count). The summed E-state index contributed by atoms with van der Waals surface area (Å²) in [6.45, 7) is 1.73. The Morgan fingerprint density at radius 3 is 1.88 bits per heavy atom. The third-order valence-electron chi connectivity index (χ3n) is 3.32. The van der Waals surface area contributed by atoms with Gasteiger partial charge >= 0.3 is 0 Å². The number of rotatable bonds is 2. The van der Waals surface area contributed by atoms with Gasteiger partial charge in [0, 0.05) is 5.69 Å². The van der Waals surface area contributed by atoms with E-state index in [1.165, 1.54) is 0 Å². The van der Waals surface area contributed by atoms with Crippen molar-refractivity contribution in [1.29, 1.82) is 10.5 Å². The molecule has 0 unspecified atom stereocenters. The van der Waals surface area contributed by atoms with Gasteiger partial charge in [-0.1, -0.05) is 18.2 Å². The molecule has 0 saturated carbocycles. The van der Waals surface area contributed by atoms with Crippen molar-refractivity contribution >= 4 is 33.4 Å². The summed E-state index contributed by atoms with van der Waals surface area (Å²) in [4.78, 5) is 0.527. The summed E-state index contributed by atoms with van der Waals surface area (Å²) in [5.74, 6) is 0. The Hall–Kier alpha value is -3.68. The van der Waals surface area contributed by atoms with Crippen LogP contribution in [0.3, 0.4) is 0 Å². The van der Waals surface area contributed by atoms with Crippen LogP contribution in [0.15, 0.2) is 64.8 Å². The van der Waals surface area contributed by atoms with Gasteiger partial charge < -0.3 is 11.5 Å². The van der Waals surface area contributed by atoms with Crippen LogP contribution in [0, 0.1) is 29.6 Å². The van der Waals surface area contributed by atoms with Crippen molar-refractivity contribution in [3.8, 4) is 12.1 Å². The zero-order valence-electron chi connectivity index (χ0n) is 14.0. The van der Waals surface area contributed by atoms with Gasteiger partial charge in [0.15, 0.2) is 0 Å². The molecule has 26 heavy (non-hydrogen) atoms. The lowest BCUT2D eigenvalue weighted by molar-refractivity contribution is 1.23. The van der Waals surface area contributed by atoms with Crippen molar-refractivity contribution in [2.24, 2.45) is 10.2 Å². The van der Waals surface area contributed by atoms with Crippen molar-refractivity contribution in [3.05, 3.63) is 70.6 Å². The van der Waals surface area contributed by atoms with E-state index in [0.717, 1.165) is 28.4 Å². The molecule has 0 radical (unpaired) electrons. The van der Waals surface area contributed by atoms with Crippen LogP contribution in [0.1, 0.15) is 16.0 Å². The first kappa shape index (κ1) is 18.7. The van der Waals surface area contributed by atoms with Crippen LogP contribution in [-0.2, 0) is 0 Å². The highest BCUT2D eigenvalue weighted by Gasteiger charge is 2.10. The van der Waals surface area contributed by atoms with Crippen LogP contribution >= 0.6 is 11.3 Å². The Labute approximate surface area is 155 Å². The summed E-state index contributed by atoms with van der Waals surface area (Å²) in [6, 6.07) is 20.8. The molecule has 0 fully saturated rings. The Morgan fingerprint density at radius 2 is 1.42 bits per heavy atom. The number of thiophene rings is 1. The summed E-state index contributed by atoms with van der Waals surface area (Å²) < 4.78 is 0. The Morgan fingerprint density at radius 1 is 0.846 bits per heavy atom. The molecule has 0 amide bonds. The minimum Gasteiger partial charge on any atom is -0.399 e. The molecule has 7 heteroatoms. The molecule has 0 aliphatic carbocycles. The molecule has 0 spiro atoms. The highest BCUT2D eigenvalue weighted by atomic mass is 32.1. The topological polar surface area (TPSA) is 124 Å². The molecule has 4 N–H and O–H groups in total. The number of hydrogen-bond acceptors (Lipinski definition) is 7. The highest BCUT2D eigenvalue weighted by Crippen LogP contribution is 2.28. The summed E-state index contributed by atoms with van der Waals surface area (Å²) in [5, 5.41) is 25.7. The van der Waals surface area contributed by atoms with Crippen LogP contribution in [0.5, 0.6) is 0 Å². The van der Waals surface area contributed by atoms with Crippen molar-refractivity contribution < 1.29 is 0 Å². The summed E-state index contributed by atoms with van der Waals surface area (Å²) >= 11 is 1.16. The first-order valence-electron chi connectivity index (χ1n) is 7.56. The fraction of sp³-hybridized carbons (Fsp3) is 0.0526. The minimum atomic E-state index is 0.432. The van der Waals surface area contributed by atoms with E-state index < -0.39 is 0 Å². The second-order valence-corrected chi connectivity index (χ2v) is 6.20. The number of nitrogen functional groups attached to an aromatic ring is 2. The van der Waals surface area contributed by atoms with Gasteiger partial charge in [0.2, 0.25) is 0 Å². The maximum absolute atomic E-state index is 8.58. The molecule has 6 nitrogen and oxygen atoms in total. The average Bonchev–Trinajstić information content (AvgIpc) is 2.95. The molecule has 0 bridgehead atoms. The summed E-state index contributed by atoms with van der Waals surface area (Å²) in [7, 11) is 0. The number of hydrogen-bond donors (Lipinski definition) is 2. The molecule has 3 aromatic rings. The molecule has 0 aliphatic heterocycles. The van der Waals surface area contributed by atoms with Crippen molar-refractivity contribution in [2.75, 3.05) is 11.5 Å². The number of anilines is 2. The van der Waals surface area contributed by atoms with Gasteiger partial charge in [-0.05, 0) is 48.9 Å². The van der Waals surface area contributed by atoms with Crippen LogP contribution in [0.4, 0.5) is 22.1 Å². The smallest absolute Gasteiger partial charge is 0.111 e. The highest BCUT2D eigenvalue weighted by molar-refractivity contribution is 7.16. The summed E-state index contributed by atoms with van der Waals surface area (Å²) in [5.41, 5.74) is 14.5. The lowest BCUT2D eigenvalue weighted by Gasteiger charge is -1.93. The van der Waals surface area contributed by atoms with Gasteiger partial charge in [-0.25, -0.2) is 0 Å². The van der Waals surface area contributed by atoms with E-state index in [1.807, 2.05) is 54.6 Å². The molecular formula is C19H16N6S. The zero-order valence-corrected chi connectivity index (χ0v) is 14.9. The molecule has 2 aromatic carbocycles. The van der Waals surface area contributed by atoms with Crippen molar-refractivity contribution in [3.63, 3.8) is 0 Å². The molecule has 1 heterocycles. The number of nitrogens with two attached hydrogens (primary N) is 2. The molecule has 0 aliphatic rings. The van der Waals surface area contributed by atoms with Crippen LogP contribution < -0.4 is 11.5 Å². The van der Waals surface area contributed by atoms with E-state index in [0.29, 0.717) is 21.0 Å². The number of azo groups is 1. The maximum atomic E-state index is 8.58. The third-order valence-corrected chi connectivity index (χ3v) is 4.34. The molecule has 128 valence electrons. The SMILES string of the molecule is Cc1c(C#N)sc(N)c1C#N.Nc1ccc(/N=N/c2ccccc2)cc1. The largest absolute Gasteiger partial charge is 0.399 e. The van der Waals surface area contributed by atoms with E-state index in [2.05, 4.69) is 10.2 Å². The zero-order chi connectivity index (χ0) is 18.9. The first-order valence-corrected chi connectivity index (χ1v) is 8.38. The average molecular weight is 360 g/mol. The van der Waals surface area contributed by atoms with Gasteiger partial charge in [0.05, 0.1) is 16.9 Å². The Bertz CT molecular complexity index is 976. The van der Waals surface area contributed by atoms with Crippen molar-refractivity contribution in [1.82, 2.24) is 0 Å². The second kappa shape index (κ2) is 8.97. The monoisotopic (exact) mass is 360 g/mol. The fourth-order valence-corrected chi connectivity index (χ4v) is 2.75. The van der Waals surface area contributed by atoms with E-state index in [4.69, 9.17) is 22.0 Å². The summed E-state index contributed by atoms with van der Waals surface area (Å²) in [6.07, 6.45) is 0. The molecule has 0 atom stereocenters. The van der Waals surface area contributed by atoms with Crippen LogP contribution in [0.25, 0.3) is 0 Å². The van der Waals surface area contributed by atoms with E-state index in [9.17, 15) is 0 Å². The van der Waals surface area contributed by atoms with Crippen LogP contribution in [0.2, 0.25) is 0 Å². The normalized spacial score (nSPS) is 9.81. The fourth-order valence-electron chi connectivity index (χ4n) is 1.93. The van der Waals surface area contributed by atoms with Gasteiger partial charge in [0.25, 0.3) is 0 Å². The lowest BCUT2D eigenvalue weighted by Crippen LogP contribution is -1.83. The molecule has 0 saturated heterocycles. The van der Waals surface area contributed by atoms with Crippen molar-refractivity contribution in [2.45, 2.75) is 6.92 Å². The molecular weight excluding hydrogens is 344 g/mol. The number of nitriles is 2.